The van der Waals surface area contributed by atoms with Gasteiger partial charge in [0.1, 0.15) is 11.4 Å². The number of hydrogen-bond acceptors (Lipinski definition) is 6. The maximum absolute atomic E-state index is 10.6. The fraction of sp³-hybridized carbons (Fsp3) is 0.500. The van der Waals surface area contributed by atoms with Gasteiger partial charge in [-0.2, -0.15) is 0 Å². The number of aromatic nitrogens is 3. The summed E-state index contributed by atoms with van der Waals surface area (Å²) >= 11 is 1.09. The lowest BCUT2D eigenvalue weighted by atomic mass is 10.5. The van der Waals surface area contributed by atoms with Crippen LogP contribution >= 0.6 is 11.5 Å². The molecule has 0 unspecified atom stereocenters. The maximum atomic E-state index is 10.6. The van der Waals surface area contributed by atoms with Gasteiger partial charge >= 0.3 is 5.97 Å². The molecule has 1 heterocycles. The van der Waals surface area contributed by atoms with Crippen LogP contribution in [0.15, 0.2) is 0 Å². The molecule has 0 aliphatic heterocycles. The zero-order valence-electron chi connectivity index (χ0n) is 5.27. The Morgan fingerprint density at radius 1 is 1.80 bits per heavy atom. The summed E-state index contributed by atoms with van der Waals surface area (Å²) in [6, 6.07) is 0. The highest BCUT2D eigenvalue weighted by Crippen LogP contribution is 1.98. The predicted molar refractivity (Wildman–Crippen MR) is 33.4 cm³/mol. The number of carbonyl (C=O) groups is 1. The lowest BCUT2D eigenvalue weighted by Crippen LogP contribution is -2.03. The van der Waals surface area contributed by atoms with Crippen molar-refractivity contribution in [3.05, 3.63) is 5.01 Å². The van der Waals surface area contributed by atoms with E-state index in [1.165, 1.54) is 7.11 Å². The number of rotatable bonds is 2. The van der Waals surface area contributed by atoms with Gasteiger partial charge in [-0.25, -0.2) is 0 Å². The van der Waals surface area contributed by atoms with E-state index >= 15 is 0 Å². The van der Waals surface area contributed by atoms with E-state index in [0.717, 1.165) is 11.5 Å². The number of ether oxygens (including phenoxy) is 1. The van der Waals surface area contributed by atoms with Gasteiger partial charge in [-0.1, -0.05) is 4.49 Å². The van der Waals surface area contributed by atoms with Crippen LogP contribution in [-0.4, -0.2) is 27.9 Å². The van der Waals surface area contributed by atoms with E-state index in [9.17, 15) is 4.79 Å². The first-order valence-electron chi connectivity index (χ1n) is 2.53. The van der Waals surface area contributed by atoms with Crippen molar-refractivity contribution in [2.75, 3.05) is 7.11 Å². The van der Waals surface area contributed by atoms with E-state index in [0.29, 0.717) is 5.01 Å². The van der Waals surface area contributed by atoms with Crippen molar-refractivity contribution in [2.24, 2.45) is 0 Å². The van der Waals surface area contributed by atoms with Gasteiger partial charge in [0, 0.05) is 11.5 Å². The molecule has 0 atom stereocenters. The molecule has 0 aromatic carbocycles. The Morgan fingerprint density at radius 3 is 3.10 bits per heavy atom. The first-order chi connectivity index (χ1) is 4.83. The van der Waals surface area contributed by atoms with Gasteiger partial charge in [0.2, 0.25) is 0 Å². The van der Waals surface area contributed by atoms with Crippen molar-refractivity contribution in [3.8, 4) is 0 Å². The zero-order valence-corrected chi connectivity index (χ0v) is 6.09. The number of hydrogen-bond donors (Lipinski definition) is 0. The van der Waals surface area contributed by atoms with Crippen LogP contribution in [0, 0.1) is 0 Å². The molecule has 1 aromatic heterocycles. The third-order valence-corrected chi connectivity index (χ3v) is 1.45. The molecule has 1 rings (SSSR count). The van der Waals surface area contributed by atoms with Gasteiger partial charge in [0.05, 0.1) is 7.11 Å². The fourth-order valence-corrected chi connectivity index (χ4v) is 0.838. The van der Waals surface area contributed by atoms with Crippen molar-refractivity contribution in [3.63, 3.8) is 0 Å². The van der Waals surface area contributed by atoms with Gasteiger partial charge in [0.15, 0.2) is 0 Å². The number of carbonyl (C=O) groups excluding carboxylic acids is 1. The summed E-state index contributed by atoms with van der Waals surface area (Å²) in [6.07, 6.45) is 0.161. The largest absolute Gasteiger partial charge is 0.469 e. The topological polar surface area (TPSA) is 65.0 Å². The Bertz CT molecular complexity index is 210. The minimum absolute atomic E-state index is 0.161. The van der Waals surface area contributed by atoms with E-state index in [2.05, 4.69) is 19.5 Å². The van der Waals surface area contributed by atoms with E-state index in [4.69, 9.17) is 0 Å². The predicted octanol–water partition coefficient (Wildman–Crippen LogP) is -0.351. The molecule has 0 saturated heterocycles. The van der Waals surface area contributed by atoms with Crippen LogP contribution < -0.4 is 0 Å². The summed E-state index contributed by atoms with van der Waals surface area (Å²) in [7, 11) is 1.33. The quantitative estimate of drug-likeness (QED) is 0.552. The Morgan fingerprint density at radius 2 is 2.60 bits per heavy atom. The van der Waals surface area contributed by atoms with Crippen LogP contribution in [-0.2, 0) is 16.0 Å². The first-order valence-corrected chi connectivity index (χ1v) is 3.31. The molecule has 0 radical (unpaired) electrons. The standard InChI is InChI=1S/C4H5N3O2S/c1-9-4(8)2-3-5-6-7-10-3/h2H2,1H3. The van der Waals surface area contributed by atoms with Gasteiger partial charge in [-0.15, -0.1) is 5.10 Å². The minimum Gasteiger partial charge on any atom is -0.469 e. The molecule has 5 nitrogen and oxygen atoms in total. The summed E-state index contributed by atoms with van der Waals surface area (Å²) < 4.78 is 7.88. The third-order valence-electron chi connectivity index (χ3n) is 0.862. The normalized spacial score (nSPS) is 9.30. The molecule has 0 fully saturated rings. The monoisotopic (exact) mass is 159 g/mol. The van der Waals surface area contributed by atoms with E-state index in [1.807, 2.05) is 0 Å². The van der Waals surface area contributed by atoms with Crippen molar-refractivity contribution in [2.45, 2.75) is 6.42 Å². The molecule has 6 heteroatoms. The molecule has 0 saturated carbocycles. The summed E-state index contributed by atoms with van der Waals surface area (Å²) in [6.45, 7) is 0. The van der Waals surface area contributed by atoms with E-state index < -0.39 is 0 Å². The molecule has 0 aliphatic carbocycles. The Hall–Kier alpha value is -1.04. The lowest BCUT2D eigenvalue weighted by Gasteiger charge is -1.90. The second kappa shape index (κ2) is 3.21. The number of nitrogens with zero attached hydrogens (tertiary/aromatic N) is 3. The summed E-state index contributed by atoms with van der Waals surface area (Å²) in [4.78, 5) is 10.6. The Labute approximate surface area is 61.2 Å². The maximum Gasteiger partial charge on any atom is 0.312 e. The number of esters is 1. The zero-order chi connectivity index (χ0) is 7.40. The van der Waals surface area contributed by atoms with Crippen molar-refractivity contribution < 1.29 is 9.53 Å². The van der Waals surface area contributed by atoms with Crippen molar-refractivity contribution >= 4 is 17.5 Å². The molecule has 0 amide bonds. The average molecular weight is 159 g/mol. The van der Waals surface area contributed by atoms with Gasteiger partial charge in [-0.05, 0) is 5.21 Å². The molecule has 54 valence electrons. The van der Waals surface area contributed by atoms with E-state index in [-0.39, 0.29) is 12.4 Å². The van der Waals surface area contributed by atoms with Crippen LogP contribution in [0.4, 0.5) is 0 Å². The Kier molecular flexibility index (Phi) is 2.27. The van der Waals surface area contributed by atoms with Crippen molar-refractivity contribution in [1.82, 2.24) is 14.8 Å². The second-order valence-electron chi connectivity index (χ2n) is 1.51. The first kappa shape index (κ1) is 7.07. The van der Waals surface area contributed by atoms with Gasteiger partial charge in [0.25, 0.3) is 0 Å². The average Bonchev–Trinajstić information content (AvgIpc) is 2.40. The third kappa shape index (κ3) is 1.73. The molecule has 0 spiro atoms. The molecule has 0 N–H and O–H groups in total. The fourth-order valence-electron chi connectivity index (χ4n) is 0.415. The van der Waals surface area contributed by atoms with Crippen LogP contribution in [0.5, 0.6) is 0 Å². The molecular weight excluding hydrogens is 154 g/mol. The van der Waals surface area contributed by atoms with Crippen molar-refractivity contribution in [1.29, 1.82) is 0 Å². The lowest BCUT2D eigenvalue weighted by molar-refractivity contribution is -0.139. The second-order valence-corrected chi connectivity index (χ2v) is 2.33. The van der Waals surface area contributed by atoms with Gasteiger partial charge in [-0.3, -0.25) is 4.79 Å². The molecule has 1 aromatic rings. The molecule has 0 bridgehead atoms. The van der Waals surface area contributed by atoms with Crippen LogP contribution in [0.25, 0.3) is 0 Å². The van der Waals surface area contributed by atoms with E-state index in [1.54, 1.807) is 0 Å². The van der Waals surface area contributed by atoms with Crippen LogP contribution in [0.2, 0.25) is 0 Å². The van der Waals surface area contributed by atoms with Crippen LogP contribution in [0.3, 0.4) is 0 Å². The molecule has 10 heavy (non-hydrogen) atoms. The smallest absolute Gasteiger partial charge is 0.312 e. The summed E-state index contributed by atoms with van der Waals surface area (Å²) in [5.74, 6) is -0.321. The highest BCUT2D eigenvalue weighted by atomic mass is 32.1. The Balaban J connectivity index is 2.48. The number of methoxy groups -OCH3 is 1. The summed E-state index contributed by atoms with van der Waals surface area (Å²) in [5.41, 5.74) is 0. The molecule has 0 aliphatic rings. The highest BCUT2D eigenvalue weighted by Gasteiger charge is 2.05. The van der Waals surface area contributed by atoms with Crippen LogP contribution in [0.1, 0.15) is 5.01 Å². The molecular formula is C4H5N3O2S. The highest BCUT2D eigenvalue weighted by molar-refractivity contribution is 7.05. The van der Waals surface area contributed by atoms with Gasteiger partial charge < -0.3 is 4.74 Å². The SMILES string of the molecule is COC(=O)Cc1nnns1. The minimum atomic E-state index is -0.321. The summed E-state index contributed by atoms with van der Waals surface area (Å²) in [5, 5.41) is 7.46.